The maximum absolute atomic E-state index is 12.8. The molecule has 0 saturated carbocycles. The average Bonchev–Trinajstić information content (AvgIpc) is 2.91. The minimum absolute atomic E-state index is 0.0525. The lowest BCUT2D eigenvalue weighted by molar-refractivity contribution is -0.129. The summed E-state index contributed by atoms with van der Waals surface area (Å²) in [6.45, 7) is 1.67. The van der Waals surface area contributed by atoms with E-state index >= 15 is 0 Å². The molecule has 0 N–H and O–H groups in total. The number of ether oxygens (including phenoxy) is 1. The van der Waals surface area contributed by atoms with Gasteiger partial charge in [0.2, 0.25) is 5.91 Å². The molecule has 4 nitrogen and oxygen atoms in total. The molecular formula is C15H16N2O2. The van der Waals surface area contributed by atoms with Gasteiger partial charge >= 0.3 is 0 Å². The Hall–Kier alpha value is -1.86. The van der Waals surface area contributed by atoms with Gasteiger partial charge in [-0.3, -0.25) is 4.79 Å². The highest BCUT2D eigenvalue weighted by Crippen LogP contribution is 2.36. The number of para-hydroxylation sites is 1. The van der Waals surface area contributed by atoms with E-state index < -0.39 is 5.41 Å². The highest BCUT2D eigenvalue weighted by atomic mass is 16.5. The molecule has 4 heteroatoms. The fraction of sp³-hybridized carbons (Fsp3) is 0.467. The SMILES string of the molecule is N#CC1(C(=O)N2CCc3ccccc32)CCOCC1. The van der Waals surface area contributed by atoms with Crippen LogP contribution in [-0.2, 0) is 16.0 Å². The molecule has 1 amide bonds. The fourth-order valence-corrected chi connectivity index (χ4v) is 2.90. The van der Waals surface area contributed by atoms with E-state index in [0.717, 1.165) is 12.1 Å². The van der Waals surface area contributed by atoms with E-state index in [4.69, 9.17) is 4.74 Å². The van der Waals surface area contributed by atoms with Crippen LogP contribution in [0.15, 0.2) is 24.3 Å². The van der Waals surface area contributed by atoms with Crippen molar-refractivity contribution in [2.75, 3.05) is 24.7 Å². The van der Waals surface area contributed by atoms with Gasteiger partial charge in [-0.15, -0.1) is 0 Å². The Kier molecular flexibility index (Phi) is 3.00. The Bertz CT molecular complexity index is 541. The number of nitriles is 1. The smallest absolute Gasteiger partial charge is 0.247 e. The molecular weight excluding hydrogens is 240 g/mol. The number of hydrogen-bond acceptors (Lipinski definition) is 3. The Labute approximate surface area is 112 Å². The minimum atomic E-state index is -0.893. The molecule has 0 aliphatic carbocycles. The molecule has 19 heavy (non-hydrogen) atoms. The first-order valence-corrected chi connectivity index (χ1v) is 6.66. The van der Waals surface area contributed by atoms with Crippen LogP contribution in [0.4, 0.5) is 5.69 Å². The van der Waals surface area contributed by atoms with Gasteiger partial charge in [-0.2, -0.15) is 5.26 Å². The fourth-order valence-electron chi connectivity index (χ4n) is 2.90. The van der Waals surface area contributed by atoms with Gasteiger partial charge in [-0.05, 0) is 30.9 Å². The number of fused-ring (bicyclic) bond motifs is 1. The third-order valence-corrected chi connectivity index (χ3v) is 4.10. The largest absolute Gasteiger partial charge is 0.381 e. The van der Waals surface area contributed by atoms with E-state index in [-0.39, 0.29) is 5.91 Å². The topological polar surface area (TPSA) is 53.3 Å². The molecule has 0 unspecified atom stereocenters. The predicted octanol–water partition coefficient (Wildman–Crippen LogP) is 1.90. The molecule has 0 aromatic heterocycles. The Morgan fingerprint density at radius 1 is 1.32 bits per heavy atom. The van der Waals surface area contributed by atoms with Crippen molar-refractivity contribution in [3.63, 3.8) is 0 Å². The molecule has 1 aromatic carbocycles. The molecule has 2 aliphatic rings. The van der Waals surface area contributed by atoms with E-state index in [0.29, 0.717) is 32.6 Å². The van der Waals surface area contributed by atoms with Gasteiger partial charge in [-0.25, -0.2) is 0 Å². The molecule has 1 aromatic rings. The summed E-state index contributed by atoms with van der Waals surface area (Å²) >= 11 is 0. The van der Waals surface area contributed by atoms with Crippen LogP contribution in [-0.4, -0.2) is 25.7 Å². The summed E-state index contributed by atoms with van der Waals surface area (Å²) in [4.78, 5) is 14.5. The van der Waals surface area contributed by atoms with Gasteiger partial charge < -0.3 is 9.64 Å². The van der Waals surface area contributed by atoms with Gasteiger partial charge in [-0.1, -0.05) is 18.2 Å². The summed E-state index contributed by atoms with van der Waals surface area (Å²) in [5, 5.41) is 9.47. The van der Waals surface area contributed by atoms with Crippen molar-refractivity contribution < 1.29 is 9.53 Å². The first-order valence-electron chi connectivity index (χ1n) is 6.66. The maximum Gasteiger partial charge on any atom is 0.247 e. The summed E-state index contributed by atoms with van der Waals surface area (Å²) in [7, 11) is 0. The molecule has 98 valence electrons. The Morgan fingerprint density at radius 2 is 2.05 bits per heavy atom. The lowest BCUT2D eigenvalue weighted by Crippen LogP contribution is -2.45. The predicted molar refractivity (Wildman–Crippen MR) is 70.6 cm³/mol. The molecule has 2 aliphatic heterocycles. The first kappa shape index (κ1) is 12.2. The van der Waals surface area contributed by atoms with Crippen molar-refractivity contribution in [2.24, 2.45) is 5.41 Å². The second-order valence-electron chi connectivity index (χ2n) is 5.14. The molecule has 0 radical (unpaired) electrons. The second kappa shape index (κ2) is 4.67. The van der Waals surface area contributed by atoms with Crippen LogP contribution in [0.5, 0.6) is 0 Å². The quantitative estimate of drug-likeness (QED) is 0.771. The van der Waals surface area contributed by atoms with Gasteiger partial charge in [0.1, 0.15) is 5.41 Å². The third-order valence-electron chi connectivity index (χ3n) is 4.10. The van der Waals surface area contributed by atoms with Crippen molar-refractivity contribution in [3.8, 4) is 6.07 Å². The lowest BCUT2D eigenvalue weighted by atomic mass is 9.80. The monoisotopic (exact) mass is 256 g/mol. The summed E-state index contributed by atoms with van der Waals surface area (Å²) in [6, 6.07) is 10.2. The highest BCUT2D eigenvalue weighted by molar-refractivity contribution is 6.01. The Morgan fingerprint density at radius 3 is 2.79 bits per heavy atom. The molecule has 0 spiro atoms. The van der Waals surface area contributed by atoms with Crippen molar-refractivity contribution in [3.05, 3.63) is 29.8 Å². The van der Waals surface area contributed by atoms with Crippen molar-refractivity contribution >= 4 is 11.6 Å². The van der Waals surface area contributed by atoms with E-state index in [9.17, 15) is 10.1 Å². The summed E-state index contributed by atoms with van der Waals surface area (Å²) < 4.78 is 5.29. The van der Waals surface area contributed by atoms with Crippen LogP contribution in [0.25, 0.3) is 0 Å². The van der Waals surface area contributed by atoms with E-state index in [1.165, 1.54) is 5.56 Å². The number of benzene rings is 1. The number of rotatable bonds is 1. The number of carbonyl (C=O) groups is 1. The van der Waals surface area contributed by atoms with E-state index in [1.807, 2.05) is 24.3 Å². The maximum atomic E-state index is 12.8. The standard InChI is InChI=1S/C15H16N2O2/c16-11-15(6-9-19-10-7-15)14(18)17-8-5-12-3-1-2-4-13(12)17/h1-4H,5-10H2. The van der Waals surface area contributed by atoms with E-state index in [1.54, 1.807) is 4.90 Å². The summed E-state index contributed by atoms with van der Waals surface area (Å²) in [5.74, 6) is -0.0525. The van der Waals surface area contributed by atoms with Crippen molar-refractivity contribution in [1.82, 2.24) is 0 Å². The average molecular weight is 256 g/mol. The molecule has 3 rings (SSSR count). The molecule has 2 heterocycles. The van der Waals surface area contributed by atoms with Crippen LogP contribution in [0, 0.1) is 16.7 Å². The zero-order chi connectivity index (χ0) is 13.3. The number of amides is 1. The lowest BCUT2D eigenvalue weighted by Gasteiger charge is -2.33. The van der Waals surface area contributed by atoms with Crippen LogP contribution >= 0.6 is 0 Å². The van der Waals surface area contributed by atoms with Gasteiger partial charge in [0.25, 0.3) is 0 Å². The molecule has 0 atom stereocenters. The molecule has 1 fully saturated rings. The molecule has 1 saturated heterocycles. The van der Waals surface area contributed by atoms with Crippen LogP contribution in [0.3, 0.4) is 0 Å². The number of anilines is 1. The number of nitrogens with zero attached hydrogens (tertiary/aromatic N) is 2. The zero-order valence-corrected chi connectivity index (χ0v) is 10.8. The van der Waals surface area contributed by atoms with Crippen molar-refractivity contribution in [1.29, 1.82) is 5.26 Å². The number of carbonyl (C=O) groups excluding carboxylic acids is 1. The second-order valence-corrected chi connectivity index (χ2v) is 5.14. The van der Waals surface area contributed by atoms with Crippen LogP contribution in [0.1, 0.15) is 18.4 Å². The van der Waals surface area contributed by atoms with Crippen LogP contribution in [0.2, 0.25) is 0 Å². The number of hydrogen-bond donors (Lipinski definition) is 0. The summed E-state index contributed by atoms with van der Waals surface area (Å²) in [5.41, 5.74) is 1.26. The molecule has 0 bridgehead atoms. The minimum Gasteiger partial charge on any atom is -0.381 e. The zero-order valence-electron chi connectivity index (χ0n) is 10.8. The van der Waals surface area contributed by atoms with Gasteiger partial charge in [0, 0.05) is 25.4 Å². The van der Waals surface area contributed by atoms with Crippen molar-refractivity contribution in [2.45, 2.75) is 19.3 Å². The third kappa shape index (κ3) is 1.91. The highest BCUT2D eigenvalue weighted by Gasteiger charge is 2.44. The van der Waals surface area contributed by atoms with E-state index in [2.05, 4.69) is 6.07 Å². The van der Waals surface area contributed by atoms with Gasteiger partial charge in [0.05, 0.1) is 6.07 Å². The normalized spacial score (nSPS) is 20.7. The summed E-state index contributed by atoms with van der Waals surface area (Å²) in [6.07, 6.45) is 1.88. The Balaban J connectivity index is 1.91. The van der Waals surface area contributed by atoms with Crippen LogP contribution < -0.4 is 4.90 Å². The first-order chi connectivity index (χ1) is 9.27. The van der Waals surface area contributed by atoms with Gasteiger partial charge in [0.15, 0.2) is 0 Å².